The van der Waals surface area contributed by atoms with Crippen LogP contribution in [-0.4, -0.2) is 51.5 Å². The zero-order valence-electron chi connectivity index (χ0n) is 23.5. The smallest absolute Gasteiger partial charge is 0.254 e. The molecule has 1 fully saturated rings. The number of carbonyl (C=O) groups is 1. The van der Waals surface area contributed by atoms with E-state index in [-0.39, 0.29) is 22.7 Å². The molecule has 0 bridgehead atoms. The molecule has 3 aromatic carbocycles. The van der Waals surface area contributed by atoms with E-state index in [0.29, 0.717) is 31.7 Å². The fourth-order valence-electron chi connectivity index (χ4n) is 4.90. The first-order valence-electron chi connectivity index (χ1n) is 13.9. The van der Waals surface area contributed by atoms with Gasteiger partial charge in [0.15, 0.2) is 9.84 Å². The summed E-state index contributed by atoms with van der Waals surface area (Å²) in [5.41, 5.74) is 4.22. The molecule has 0 radical (unpaired) electrons. The molecule has 0 saturated carbocycles. The minimum absolute atomic E-state index is 0.0747. The average molecular weight is 549 g/mol. The van der Waals surface area contributed by atoms with Gasteiger partial charge in [0, 0.05) is 31.7 Å². The topological polar surface area (TPSA) is 66.9 Å². The molecule has 0 aromatic heterocycles. The maximum atomic E-state index is 13.5. The number of sulfone groups is 1. The van der Waals surface area contributed by atoms with Gasteiger partial charge in [-0.3, -0.25) is 4.79 Å². The van der Waals surface area contributed by atoms with Gasteiger partial charge in [0.2, 0.25) is 0 Å². The molecule has 0 unspecified atom stereocenters. The molecule has 1 saturated heterocycles. The molecule has 1 aliphatic rings. The van der Waals surface area contributed by atoms with Crippen LogP contribution in [0.4, 0.5) is 5.69 Å². The predicted octanol–water partition coefficient (Wildman–Crippen LogP) is 6.06. The molecule has 1 aliphatic heterocycles. The third kappa shape index (κ3) is 7.21. The molecule has 7 heteroatoms. The molecule has 3 aromatic rings. The first-order valence-corrected chi connectivity index (χ1v) is 15.5. The predicted molar refractivity (Wildman–Crippen MR) is 157 cm³/mol. The van der Waals surface area contributed by atoms with E-state index < -0.39 is 9.84 Å². The van der Waals surface area contributed by atoms with Crippen LogP contribution in [0.3, 0.4) is 0 Å². The minimum Gasteiger partial charge on any atom is -0.489 e. The Labute approximate surface area is 233 Å². The fraction of sp³-hybridized carbons (Fsp3) is 0.406. The zero-order chi connectivity index (χ0) is 28.0. The second-order valence-electron chi connectivity index (χ2n) is 10.6. The number of ether oxygens (including phenoxy) is 1. The van der Waals surface area contributed by atoms with E-state index in [2.05, 4.69) is 11.8 Å². The van der Waals surface area contributed by atoms with Gasteiger partial charge < -0.3 is 14.5 Å². The van der Waals surface area contributed by atoms with Gasteiger partial charge in [-0.05, 0) is 74.6 Å². The Bertz CT molecular complexity index is 1380. The molecule has 1 heterocycles. The number of aryl methyl sites for hydroxylation is 2. The highest BCUT2D eigenvalue weighted by atomic mass is 32.2. The highest BCUT2D eigenvalue weighted by molar-refractivity contribution is 7.90. The van der Waals surface area contributed by atoms with E-state index in [1.807, 2.05) is 74.2 Å². The number of benzene rings is 3. The number of nitrogens with zero attached hydrogens (tertiary/aromatic N) is 2. The zero-order valence-corrected chi connectivity index (χ0v) is 24.3. The summed E-state index contributed by atoms with van der Waals surface area (Å²) in [5, 5.41) is 0. The standard InChI is InChI=1S/C32H40N2O4S/c1-5-6-9-26-13-15-27(16-14-26)23-39(36,37)28-17-12-25(4)29(22-28)32(35)34-20-18-33(19-21-34)30-10-7-8-11-31(30)38-24(2)3/h7-8,10-17,22,24H,5-6,9,18-21,23H2,1-4H3. The lowest BCUT2D eigenvalue weighted by Gasteiger charge is -2.37. The second kappa shape index (κ2) is 12.7. The van der Waals surface area contributed by atoms with Crippen molar-refractivity contribution in [2.24, 2.45) is 0 Å². The Morgan fingerprint density at radius 2 is 1.59 bits per heavy atom. The van der Waals surface area contributed by atoms with Crippen LogP contribution in [0.1, 0.15) is 60.7 Å². The summed E-state index contributed by atoms with van der Waals surface area (Å²) in [7, 11) is -3.60. The van der Waals surface area contributed by atoms with E-state index in [9.17, 15) is 13.2 Å². The first-order chi connectivity index (χ1) is 18.7. The van der Waals surface area contributed by atoms with Crippen LogP contribution in [-0.2, 0) is 22.0 Å². The van der Waals surface area contributed by atoms with Crippen molar-refractivity contribution < 1.29 is 17.9 Å². The molecular formula is C32H40N2O4S. The number of unbranched alkanes of at least 4 members (excludes halogenated alkanes) is 1. The van der Waals surface area contributed by atoms with E-state index in [1.165, 1.54) is 5.56 Å². The van der Waals surface area contributed by atoms with Crippen molar-refractivity contribution >= 4 is 21.4 Å². The van der Waals surface area contributed by atoms with Crippen molar-refractivity contribution in [2.75, 3.05) is 31.1 Å². The molecule has 6 nitrogen and oxygen atoms in total. The third-order valence-electron chi connectivity index (χ3n) is 7.13. The average Bonchev–Trinajstić information content (AvgIpc) is 2.92. The van der Waals surface area contributed by atoms with Crippen LogP contribution >= 0.6 is 0 Å². The molecule has 0 N–H and O–H groups in total. The number of hydrogen-bond donors (Lipinski definition) is 0. The van der Waals surface area contributed by atoms with Crippen molar-refractivity contribution in [3.8, 4) is 5.75 Å². The van der Waals surface area contributed by atoms with Crippen molar-refractivity contribution in [1.82, 2.24) is 4.90 Å². The summed E-state index contributed by atoms with van der Waals surface area (Å²) < 4.78 is 32.6. The maximum absolute atomic E-state index is 13.5. The van der Waals surface area contributed by atoms with Gasteiger partial charge in [-0.1, -0.05) is 55.8 Å². The number of anilines is 1. The third-order valence-corrected chi connectivity index (χ3v) is 8.82. The number of rotatable bonds is 10. The Kier molecular flexibility index (Phi) is 9.33. The molecular weight excluding hydrogens is 508 g/mol. The number of piperazine rings is 1. The SMILES string of the molecule is CCCCc1ccc(CS(=O)(=O)c2ccc(C)c(C(=O)N3CCN(c4ccccc4OC(C)C)CC3)c2)cc1. The van der Waals surface area contributed by atoms with Crippen molar-refractivity contribution in [3.63, 3.8) is 0 Å². The molecule has 0 atom stereocenters. The van der Waals surface area contributed by atoms with Gasteiger partial charge in [-0.25, -0.2) is 8.42 Å². The molecule has 39 heavy (non-hydrogen) atoms. The first kappa shape index (κ1) is 28.7. The van der Waals surface area contributed by atoms with Gasteiger partial charge >= 0.3 is 0 Å². The summed E-state index contributed by atoms with van der Waals surface area (Å²) in [5.74, 6) is 0.627. The van der Waals surface area contributed by atoms with Crippen LogP contribution in [0.15, 0.2) is 71.6 Å². The van der Waals surface area contributed by atoms with Crippen LogP contribution in [0.5, 0.6) is 5.75 Å². The second-order valence-corrected chi connectivity index (χ2v) is 12.6. The molecule has 1 amide bonds. The monoisotopic (exact) mass is 548 g/mol. The van der Waals surface area contributed by atoms with Crippen molar-refractivity contribution in [1.29, 1.82) is 0 Å². The van der Waals surface area contributed by atoms with Crippen LogP contribution < -0.4 is 9.64 Å². The highest BCUT2D eigenvalue weighted by Crippen LogP contribution is 2.30. The van der Waals surface area contributed by atoms with Crippen LogP contribution in [0, 0.1) is 6.92 Å². The Morgan fingerprint density at radius 1 is 0.923 bits per heavy atom. The Balaban J connectivity index is 1.45. The molecule has 4 rings (SSSR count). The van der Waals surface area contributed by atoms with Gasteiger partial charge in [-0.2, -0.15) is 0 Å². The maximum Gasteiger partial charge on any atom is 0.254 e. The summed E-state index contributed by atoms with van der Waals surface area (Å²) in [6.45, 7) is 10.5. The van der Waals surface area contributed by atoms with E-state index in [0.717, 1.165) is 41.8 Å². The normalized spacial score (nSPS) is 14.1. The van der Waals surface area contributed by atoms with Gasteiger partial charge in [0.1, 0.15) is 5.75 Å². The number of carbonyl (C=O) groups excluding carboxylic acids is 1. The van der Waals surface area contributed by atoms with Crippen molar-refractivity contribution in [2.45, 2.75) is 63.7 Å². The minimum atomic E-state index is -3.60. The van der Waals surface area contributed by atoms with Crippen molar-refractivity contribution in [3.05, 3.63) is 89.0 Å². The summed E-state index contributed by atoms with van der Waals surface area (Å²) in [6.07, 6.45) is 3.32. The van der Waals surface area contributed by atoms with E-state index in [4.69, 9.17) is 4.74 Å². The summed E-state index contributed by atoms with van der Waals surface area (Å²) in [6, 6.07) is 20.7. The van der Waals surface area contributed by atoms with E-state index >= 15 is 0 Å². The fourth-order valence-corrected chi connectivity index (χ4v) is 6.27. The molecule has 208 valence electrons. The highest BCUT2D eigenvalue weighted by Gasteiger charge is 2.26. The number of hydrogen-bond acceptors (Lipinski definition) is 5. The van der Waals surface area contributed by atoms with E-state index in [1.54, 1.807) is 18.2 Å². The lowest BCUT2D eigenvalue weighted by atomic mass is 10.1. The largest absolute Gasteiger partial charge is 0.489 e. The van der Waals surface area contributed by atoms with Crippen LogP contribution in [0.25, 0.3) is 0 Å². The summed E-state index contributed by atoms with van der Waals surface area (Å²) in [4.78, 5) is 17.8. The van der Waals surface area contributed by atoms with Gasteiger partial charge in [-0.15, -0.1) is 0 Å². The molecule has 0 aliphatic carbocycles. The molecule has 0 spiro atoms. The number of para-hydroxylation sites is 2. The quantitative estimate of drug-likeness (QED) is 0.308. The lowest BCUT2D eigenvalue weighted by Crippen LogP contribution is -2.49. The Morgan fingerprint density at radius 3 is 2.26 bits per heavy atom. The van der Waals surface area contributed by atoms with Gasteiger partial charge in [0.05, 0.1) is 22.4 Å². The van der Waals surface area contributed by atoms with Crippen LogP contribution in [0.2, 0.25) is 0 Å². The number of amides is 1. The van der Waals surface area contributed by atoms with Gasteiger partial charge in [0.25, 0.3) is 5.91 Å². The Hall–Kier alpha value is -3.32. The lowest BCUT2D eigenvalue weighted by molar-refractivity contribution is 0.0745. The summed E-state index contributed by atoms with van der Waals surface area (Å²) >= 11 is 0.